The highest BCUT2D eigenvalue weighted by atomic mass is 32.1. The van der Waals surface area contributed by atoms with E-state index in [9.17, 15) is 4.79 Å². The van der Waals surface area contributed by atoms with Gasteiger partial charge in [0.25, 0.3) is 5.56 Å². The Kier molecular flexibility index (Phi) is 4.57. The highest BCUT2D eigenvalue weighted by Crippen LogP contribution is 2.28. The number of hydrogen-bond donors (Lipinski definition) is 0. The molecule has 0 aliphatic carbocycles. The van der Waals surface area contributed by atoms with E-state index < -0.39 is 0 Å². The predicted octanol–water partition coefficient (Wildman–Crippen LogP) is 4.58. The Bertz CT molecular complexity index is 1080. The molecule has 132 valence electrons. The second-order valence-electron chi connectivity index (χ2n) is 6.18. The zero-order valence-corrected chi connectivity index (χ0v) is 16.0. The van der Waals surface area contributed by atoms with E-state index in [4.69, 9.17) is 4.74 Å². The van der Waals surface area contributed by atoms with Crippen molar-refractivity contribution >= 4 is 27.6 Å². The van der Waals surface area contributed by atoms with Crippen LogP contribution < -0.4 is 10.3 Å². The Morgan fingerprint density at radius 3 is 2.69 bits per heavy atom. The van der Waals surface area contributed by atoms with Crippen molar-refractivity contribution in [2.24, 2.45) is 0 Å². The molecule has 4 aromatic rings. The van der Waals surface area contributed by atoms with E-state index in [1.54, 1.807) is 11.3 Å². The highest BCUT2D eigenvalue weighted by Gasteiger charge is 2.11. The van der Waals surface area contributed by atoms with Gasteiger partial charge in [-0.3, -0.25) is 4.79 Å². The number of hydrogen-bond acceptors (Lipinski definition) is 6. The van der Waals surface area contributed by atoms with Gasteiger partial charge in [0.15, 0.2) is 5.01 Å². The van der Waals surface area contributed by atoms with E-state index in [1.807, 2.05) is 29.6 Å². The highest BCUT2D eigenvalue weighted by molar-refractivity contribution is 7.23. The average Bonchev–Trinajstić information content (AvgIpc) is 3.29. The van der Waals surface area contributed by atoms with Gasteiger partial charge in [0.1, 0.15) is 12.4 Å². The third-order valence-electron chi connectivity index (χ3n) is 3.96. The summed E-state index contributed by atoms with van der Waals surface area (Å²) >= 11 is 3.00. The number of aromatic nitrogens is 3. The minimum absolute atomic E-state index is 0.192. The number of nitrogens with zero attached hydrogens (tertiary/aromatic N) is 3. The molecular formula is C19H17N3O2S2. The predicted molar refractivity (Wildman–Crippen MR) is 105 cm³/mol. The lowest BCUT2D eigenvalue weighted by atomic mass is 10.0. The van der Waals surface area contributed by atoms with Crippen molar-refractivity contribution in [2.45, 2.75) is 26.4 Å². The molecule has 0 amide bonds. The van der Waals surface area contributed by atoms with Crippen molar-refractivity contribution in [1.29, 1.82) is 0 Å². The molecule has 0 aliphatic heterocycles. The van der Waals surface area contributed by atoms with E-state index in [0.717, 1.165) is 15.6 Å². The van der Waals surface area contributed by atoms with E-state index in [-0.39, 0.29) is 12.2 Å². The third-order valence-corrected chi connectivity index (χ3v) is 5.91. The lowest BCUT2D eigenvalue weighted by Gasteiger charge is -2.08. The molecule has 3 aromatic heterocycles. The Morgan fingerprint density at radius 1 is 1.19 bits per heavy atom. The van der Waals surface area contributed by atoms with Crippen LogP contribution in [0, 0.1) is 0 Å². The summed E-state index contributed by atoms with van der Waals surface area (Å²) in [6.45, 7) is 4.56. The Labute approximate surface area is 158 Å². The van der Waals surface area contributed by atoms with Crippen molar-refractivity contribution in [3.05, 3.63) is 69.5 Å². The fourth-order valence-electron chi connectivity index (χ4n) is 2.54. The molecule has 0 radical (unpaired) electrons. The number of thiophene rings is 1. The number of rotatable bonds is 5. The zero-order valence-electron chi connectivity index (χ0n) is 14.4. The van der Waals surface area contributed by atoms with Gasteiger partial charge in [0.05, 0.1) is 10.6 Å². The maximum atomic E-state index is 12.3. The van der Waals surface area contributed by atoms with Crippen molar-refractivity contribution in [2.75, 3.05) is 0 Å². The summed E-state index contributed by atoms with van der Waals surface area (Å²) in [6, 6.07) is 13.4. The molecule has 0 aliphatic rings. The molecule has 0 bridgehead atoms. The van der Waals surface area contributed by atoms with E-state index in [0.29, 0.717) is 16.6 Å². The molecule has 5 nitrogen and oxygen atoms in total. The Hall–Kier alpha value is -2.51. The normalized spacial score (nSPS) is 11.3. The standard InChI is InChI=1S/C19H17N3O2S2/c1-12(2)13-5-7-15(8-6-13)24-11-14-10-17(23)22-19(20-14)26-18(21-22)16-4-3-9-25-16/h3-10,12H,11H2,1-2H3. The lowest BCUT2D eigenvalue weighted by Crippen LogP contribution is -2.16. The molecule has 0 N–H and O–H groups in total. The summed E-state index contributed by atoms with van der Waals surface area (Å²) in [6.07, 6.45) is 0. The lowest BCUT2D eigenvalue weighted by molar-refractivity contribution is 0.301. The summed E-state index contributed by atoms with van der Waals surface area (Å²) in [5.41, 5.74) is 1.67. The molecule has 0 atom stereocenters. The van der Waals surface area contributed by atoms with Crippen LogP contribution in [0.3, 0.4) is 0 Å². The van der Waals surface area contributed by atoms with Gasteiger partial charge in [-0.25, -0.2) is 4.98 Å². The Balaban J connectivity index is 1.56. The van der Waals surface area contributed by atoms with Crippen LogP contribution in [0.4, 0.5) is 0 Å². The average molecular weight is 383 g/mol. The molecule has 0 saturated carbocycles. The van der Waals surface area contributed by atoms with Gasteiger partial charge in [-0.15, -0.1) is 11.3 Å². The van der Waals surface area contributed by atoms with E-state index in [2.05, 4.69) is 36.1 Å². The van der Waals surface area contributed by atoms with Crippen LogP contribution in [-0.2, 0) is 6.61 Å². The molecule has 1 aromatic carbocycles. The van der Waals surface area contributed by atoms with Crippen LogP contribution in [0.15, 0.2) is 52.6 Å². The quantitative estimate of drug-likeness (QED) is 0.506. The topological polar surface area (TPSA) is 56.5 Å². The second kappa shape index (κ2) is 7.01. The van der Waals surface area contributed by atoms with Crippen molar-refractivity contribution < 1.29 is 4.74 Å². The van der Waals surface area contributed by atoms with Gasteiger partial charge in [0.2, 0.25) is 4.96 Å². The maximum Gasteiger partial charge on any atom is 0.275 e. The summed E-state index contributed by atoms with van der Waals surface area (Å²) < 4.78 is 7.13. The van der Waals surface area contributed by atoms with E-state index >= 15 is 0 Å². The summed E-state index contributed by atoms with van der Waals surface area (Å²) in [7, 11) is 0. The largest absolute Gasteiger partial charge is 0.487 e. The zero-order chi connectivity index (χ0) is 18.1. The van der Waals surface area contributed by atoms with Crippen LogP contribution in [-0.4, -0.2) is 14.6 Å². The molecule has 7 heteroatoms. The summed E-state index contributed by atoms with van der Waals surface area (Å²) in [5, 5.41) is 7.16. The smallest absolute Gasteiger partial charge is 0.275 e. The van der Waals surface area contributed by atoms with Crippen LogP contribution >= 0.6 is 22.7 Å². The molecule has 4 rings (SSSR count). The van der Waals surface area contributed by atoms with E-state index in [1.165, 1.54) is 27.5 Å². The first-order valence-electron chi connectivity index (χ1n) is 8.26. The summed E-state index contributed by atoms with van der Waals surface area (Å²) in [5.74, 6) is 1.25. The summed E-state index contributed by atoms with van der Waals surface area (Å²) in [4.78, 5) is 18.5. The molecule has 0 unspecified atom stereocenters. The second-order valence-corrected chi connectivity index (χ2v) is 8.08. The first-order valence-corrected chi connectivity index (χ1v) is 9.96. The van der Waals surface area contributed by atoms with Crippen molar-refractivity contribution in [1.82, 2.24) is 14.6 Å². The molecule has 3 heterocycles. The fraction of sp³-hybridized carbons (Fsp3) is 0.211. The Morgan fingerprint density at radius 2 is 2.00 bits per heavy atom. The van der Waals surface area contributed by atoms with Crippen LogP contribution in [0.1, 0.15) is 31.0 Å². The van der Waals surface area contributed by atoms with Gasteiger partial charge in [-0.2, -0.15) is 9.61 Å². The van der Waals surface area contributed by atoms with Gasteiger partial charge < -0.3 is 4.74 Å². The van der Waals surface area contributed by atoms with Gasteiger partial charge in [-0.1, -0.05) is 43.4 Å². The first kappa shape index (κ1) is 16.9. The van der Waals surface area contributed by atoms with Crippen LogP contribution in [0.5, 0.6) is 5.75 Å². The molecule has 26 heavy (non-hydrogen) atoms. The molecule has 0 saturated heterocycles. The van der Waals surface area contributed by atoms with Gasteiger partial charge in [-0.05, 0) is 35.1 Å². The fourth-order valence-corrected chi connectivity index (χ4v) is 4.25. The van der Waals surface area contributed by atoms with Crippen molar-refractivity contribution in [3.63, 3.8) is 0 Å². The number of fused-ring (bicyclic) bond motifs is 1. The van der Waals surface area contributed by atoms with Gasteiger partial charge in [0, 0.05) is 6.07 Å². The SMILES string of the molecule is CC(C)c1ccc(OCc2cc(=O)n3nc(-c4cccs4)sc3n2)cc1. The minimum atomic E-state index is -0.192. The monoisotopic (exact) mass is 383 g/mol. The number of benzene rings is 1. The van der Waals surface area contributed by atoms with Crippen molar-refractivity contribution in [3.8, 4) is 15.6 Å². The van der Waals surface area contributed by atoms with Gasteiger partial charge >= 0.3 is 0 Å². The van der Waals surface area contributed by atoms with Crippen LogP contribution in [0.2, 0.25) is 0 Å². The minimum Gasteiger partial charge on any atom is -0.487 e. The van der Waals surface area contributed by atoms with Crippen LogP contribution in [0.25, 0.3) is 14.8 Å². The molecule has 0 fully saturated rings. The first-order chi connectivity index (χ1) is 12.6. The number of ether oxygens (including phenoxy) is 1. The molecule has 0 spiro atoms. The maximum absolute atomic E-state index is 12.3. The third kappa shape index (κ3) is 3.40. The molecular weight excluding hydrogens is 366 g/mol.